The van der Waals surface area contributed by atoms with Crippen molar-refractivity contribution in [2.75, 3.05) is 5.32 Å². The molecule has 1 N–H and O–H groups in total. The van der Waals surface area contributed by atoms with Gasteiger partial charge in [-0.1, -0.05) is 0 Å². The van der Waals surface area contributed by atoms with E-state index in [-0.39, 0.29) is 12.0 Å². The van der Waals surface area contributed by atoms with Crippen LogP contribution >= 0.6 is 11.3 Å². The molecule has 0 aliphatic carbocycles. The molecule has 19 heavy (non-hydrogen) atoms. The lowest BCUT2D eigenvalue weighted by atomic mass is 10.1. The predicted octanol–water partition coefficient (Wildman–Crippen LogP) is 3.60. The van der Waals surface area contributed by atoms with E-state index in [2.05, 4.69) is 15.3 Å². The first-order chi connectivity index (χ1) is 8.95. The Kier molecular flexibility index (Phi) is 4.04. The summed E-state index contributed by atoms with van der Waals surface area (Å²) < 4.78 is 37.5. The van der Waals surface area contributed by atoms with Crippen molar-refractivity contribution in [1.29, 1.82) is 0 Å². The minimum atomic E-state index is -4.45. The quantitative estimate of drug-likeness (QED) is 0.933. The molecule has 0 bridgehead atoms. The lowest BCUT2D eigenvalue weighted by molar-refractivity contribution is -0.141. The van der Waals surface area contributed by atoms with E-state index < -0.39 is 11.9 Å². The van der Waals surface area contributed by atoms with E-state index in [0.29, 0.717) is 6.42 Å². The van der Waals surface area contributed by atoms with E-state index in [9.17, 15) is 13.2 Å². The molecule has 3 nitrogen and oxygen atoms in total. The maximum Gasteiger partial charge on any atom is 0.433 e. The molecule has 2 rings (SSSR count). The molecule has 0 fully saturated rings. The number of hydrogen-bond acceptors (Lipinski definition) is 4. The van der Waals surface area contributed by atoms with Gasteiger partial charge in [0.2, 0.25) is 5.95 Å². The number of nitrogens with zero attached hydrogens (tertiary/aromatic N) is 2. The maximum atomic E-state index is 12.5. The average Bonchev–Trinajstić information content (AvgIpc) is 2.80. The van der Waals surface area contributed by atoms with E-state index in [1.54, 1.807) is 11.3 Å². The molecule has 102 valence electrons. The van der Waals surface area contributed by atoms with Gasteiger partial charge in [0, 0.05) is 12.2 Å². The topological polar surface area (TPSA) is 37.8 Å². The third kappa shape index (κ3) is 3.92. The SMILES string of the molecule is C[C@H](Cc1ccsc1)Nc1nccc(C(F)(F)F)n1. The van der Waals surface area contributed by atoms with Crippen LogP contribution in [0.2, 0.25) is 0 Å². The zero-order chi connectivity index (χ0) is 13.9. The van der Waals surface area contributed by atoms with Gasteiger partial charge in [-0.3, -0.25) is 0 Å². The summed E-state index contributed by atoms with van der Waals surface area (Å²) in [5.74, 6) is -0.00226. The fourth-order valence-electron chi connectivity index (χ4n) is 1.62. The molecule has 2 aromatic heterocycles. The number of aromatic nitrogens is 2. The Hall–Kier alpha value is -1.63. The monoisotopic (exact) mass is 287 g/mol. The van der Waals surface area contributed by atoms with Crippen molar-refractivity contribution in [2.24, 2.45) is 0 Å². The fourth-order valence-corrected chi connectivity index (χ4v) is 2.30. The molecule has 0 unspecified atom stereocenters. The molecule has 2 aromatic rings. The summed E-state index contributed by atoms with van der Waals surface area (Å²) >= 11 is 1.59. The van der Waals surface area contributed by atoms with Gasteiger partial charge < -0.3 is 5.32 Å². The Balaban J connectivity index is 2.03. The molecule has 0 radical (unpaired) electrons. The second kappa shape index (κ2) is 5.56. The minimum absolute atomic E-state index is 0.00226. The molecule has 0 aliphatic heterocycles. The Morgan fingerprint density at radius 3 is 2.79 bits per heavy atom. The van der Waals surface area contributed by atoms with E-state index >= 15 is 0 Å². The molecule has 0 saturated carbocycles. The molecule has 7 heteroatoms. The largest absolute Gasteiger partial charge is 0.433 e. The van der Waals surface area contributed by atoms with Gasteiger partial charge in [0.1, 0.15) is 5.69 Å². The molecular weight excluding hydrogens is 275 g/mol. The van der Waals surface area contributed by atoms with Crippen molar-refractivity contribution in [1.82, 2.24) is 9.97 Å². The number of hydrogen-bond donors (Lipinski definition) is 1. The molecule has 0 spiro atoms. The zero-order valence-corrected chi connectivity index (χ0v) is 10.9. The van der Waals surface area contributed by atoms with E-state index in [1.165, 1.54) is 0 Å². The van der Waals surface area contributed by atoms with E-state index in [0.717, 1.165) is 17.8 Å². The first-order valence-corrected chi connectivity index (χ1v) is 6.57. The van der Waals surface area contributed by atoms with Gasteiger partial charge in [0.25, 0.3) is 0 Å². The third-order valence-corrected chi connectivity index (χ3v) is 3.18. The van der Waals surface area contributed by atoms with Gasteiger partial charge in [-0.15, -0.1) is 0 Å². The molecule has 0 amide bonds. The Bertz CT molecular complexity index is 525. The van der Waals surface area contributed by atoms with Crippen LogP contribution in [-0.2, 0) is 12.6 Å². The van der Waals surface area contributed by atoms with Crippen LogP contribution in [0.25, 0.3) is 0 Å². The summed E-state index contributed by atoms with van der Waals surface area (Å²) in [5, 5.41) is 6.84. The molecule has 0 aliphatic rings. The Morgan fingerprint density at radius 2 is 2.16 bits per heavy atom. The number of anilines is 1. The third-order valence-electron chi connectivity index (χ3n) is 2.44. The first kappa shape index (κ1) is 13.8. The zero-order valence-electron chi connectivity index (χ0n) is 10.1. The lowest BCUT2D eigenvalue weighted by Gasteiger charge is -2.14. The van der Waals surface area contributed by atoms with Crippen LogP contribution in [0.5, 0.6) is 0 Å². The molecular formula is C12H12F3N3S. The minimum Gasteiger partial charge on any atom is -0.351 e. The van der Waals surface area contributed by atoms with Crippen molar-refractivity contribution in [3.8, 4) is 0 Å². The molecule has 1 atom stereocenters. The summed E-state index contributed by atoms with van der Waals surface area (Å²) in [6.07, 6.45) is -2.63. The number of thiophene rings is 1. The van der Waals surface area contributed by atoms with E-state index in [4.69, 9.17) is 0 Å². The van der Waals surface area contributed by atoms with Crippen molar-refractivity contribution in [3.63, 3.8) is 0 Å². The van der Waals surface area contributed by atoms with Crippen molar-refractivity contribution in [2.45, 2.75) is 25.6 Å². The van der Waals surface area contributed by atoms with Crippen LogP contribution in [0.3, 0.4) is 0 Å². The smallest absolute Gasteiger partial charge is 0.351 e. The van der Waals surface area contributed by atoms with E-state index in [1.807, 2.05) is 23.8 Å². The van der Waals surface area contributed by atoms with Gasteiger partial charge in [-0.05, 0) is 41.8 Å². The number of halogens is 3. The highest BCUT2D eigenvalue weighted by Gasteiger charge is 2.32. The average molecular weight is 287 g/mol. The molecule has 2 heterocycles. The normalized spacial score (nSPS) is 13.3. The number of alkyl halides is 3. The summed E-state index contributed by atoms with van der Waals surface area (Å²) in [7, 11) is 0. The maximum absolute atomic E-state index is 12.5. The summed E-state index contributed by atoms with van der Waals surface area (Å²) in [5.41, 5.74) is 0.199. The highest BCUT2D eigenvalue weighted by Crippen LogP contribution is 2.27. The van der Waals surface area contributed by atoms with Crippen LogP contribution in [0.15, 0.2) is 29.1 Å². The molecule has 0 aromatic carbocycles. The van der Waals surface area contributed by atoms with Crippen LogP contribution in [-0.4, -0.2) is 16.0 Å². The van der Waals surface area contributed by atoms with Gasteiger partial charge >= 0.3 is 6.18 Å². The summed E-state index contributed by atoms with van der Waals surface area (Å²) in [6, 6.07) is 2.79. The van der Waals surface area contributed by atoms with Crippen LogP contribution in [0, 0.1) is 0 Å². The predicted molar refractivity (Wildman–Crippen MR) is 68.1 cm³/mol. The standard InChI is InChI=1S/C12H12F3N3S/c1-8(6-9-3-5-19-7-9)17-11-16-4-2-10(18-11)12(13,14)15/h2-5,7-8H,6H2,1H3,(H,16,17,18)/t8-/m1/s1. The highest BCUT2D eigenvalue weighted by atomic mass is 32.1. The van der Waals surface area contributed by atoms with Gasteiger partial charge in [0.15, 0.2) is 0 Å². The second-order valence-corrected chi connectivity index (χ2v) is 4.92. The van der Waals surface area contributed by atoms with Gasteiger partial charge in [-0.25, -0.2) is 9.97 Å². The van der Waals surface area contributed by atoms with Crippen LogP contribution < -0.4 is 5.32 Å². The van der Waals surface area contributed by atoms with Crippen molar-refractivity contribution >= 4 is 17.3 Å². The second-order valence-electron chi connectivity index (χ2n) is 4.14. The highest BCUT2D eigenvalue weighted by molar-refractivity contribution is 7.07. The summed E-state index contributed by atoms with van der Waals surface area (Å²) in [4.78, 5) is 7.27. The summed E-state index contributed by atoms with van der Waals surface area (Å²) in [6.45, 7) is 1.88. The van der Waals surface area contributed by atoms with Crippen LogP contribution in [0.1, 0.15) is 18.2 Å². The van der Waals surface area contributed by atoms with Gasteiger partial charge in [-0.2, -0.15) is 24.5 Å². The Labute approximate surface area is 112 Å². The first-order valence-electron chi connectivity index (χ1n) is 5.63. The number of rotatable bonds is 4. The van der Waals surface area contributed by atoms with Gasteiger partial charge in [0.05, 0.1) is 0 Å². The lowest BCUT2D eigenvalue weighted by Crippen LogP contribution is -2.20. The van der Waals surface area contributed by atoms with Crippen molar-refractivity contribution in [3.05, 3.63) is 40.3 Å². The van der Waals surface area contributed by atoms with Crippen molar-refractivity contribution < 1.29 is 13.2 Å². The molecule has 0 saturated heterocycles. The Morgan fingerprint density at radius 1 is 1.37 bits per heavy atom. The van der Waals surface area contributed by atoms with Crippen LogP contribution in [0.4, 0.5) is 19.1 Å². The fraction of sp³-hybridized carbons (Fsp3) is 0.333. The number of nitrogens with one attached hydrogen (secondary N) is 1.